The molecule has 0 spiro atoms. The molecule has 1 aliphatic rings. The van der Waals surface area contributed by atoms with E-state index in [1.165, 1.54) is 0 Å². The third-order valence-electron chi connectivity index (χ3n) is 1.94. The minimum Gasteiger partial charge on any atom is -0.378 e. The summed E-state index contributed by atoms with van der Waals surface area (Å²) in [7, 11) is -3.24. The highest BCUT2D eigenvalue weighted by Crippen LogP contribution is 1.91. The zero-order valence-electron chi connectivity index (χ0n) is 8.65. The lowest BCUT2D eigenvalue weighted by Gasteiger charge is -2.23. The van der Waals surface area contributed by atoms with Gasteiger partial charge in [-0.05, 0) is 0 Å². The fraction of sp³-hybridized carbons (Fsp3) is 0.875. The molecular formula is C8H16N2O4S. The molecule has 7 heteroatoms. The van der Waals surface area contributed by atoms with Crippen LogP contribution in [0.2, 0.25) is 0 Å². The summed E-state index contributed by atoms with van der Waals surface area (Å²) in [4.78, 5) is 11.1. The first-order valence-electron chi connectivity index (χ1n) is 4.73. The molecule has 88 valence electrons. The number of hydrogen-bond acceptors (Lipinski definition) is 5. The summed E-state index contributed by atoms with van der Waals surface area (Å²) in [6.45, 7) is 2.37. The number of amides is 1. The topological polar surface area (TPSA) is 84.5 Å². The third kappa shape index (κ3) is 5.71. The van der Waals surface area contributed by atoms with Crippen LogP contribution >= 0.6 is 0 Å². The van der Waals surface area contributed by atoms with Gasteiger partial charge in [0, 0.05) is 25.4 Å². The van der Waals surface area contributed by atoms with Crippen LogP contribution in [-0.4, -0.2) is 58.7 Å². The van der Waals surface area contributed by atoms with Crippen molar-refractivity contribution in [1.29, 1.82) is 0 Å². The number of ether oxygens (including phenoxy) is 1. The Kier molecular flexibility index (Phi) is 4.49. The minimum atomic E-state index is -3.24. The molecule has 15 heavy (non-hydrogen) atoms. The van der Waals surface area contributed by atoms with Gasteiger partial charge in [0.2, 0.25) is 5.91 Å². The normalized spacial score (nSPS) is 22.3. The second-order valence-electron chi connectivity index (χ2n) is 3.60. The van der Waals surface area contributed by atoms with E-state index >= 15 is 0 Å². The van der Waals surface area contributed by atoms with E-state index in [-0.39, 0.29) is 6.04 Å². The highest BCUT2D eigenvalue weighted by atomic mass is 32.2. The predicted octanol–water partition coefficient (Wildman–Crippen LogP) is -1.86. The van der Waals surface area contributed by atoms with Crippen LogP contribution < -0.4 is 10.6 Å². The molecular weight excluding hydrogens is 220 g/mol. The molecule has 0 aliphatic carbocycles. The molecule has 1 fully saturated rings. The van der Waals surface area contributed by atoms with E-state index in [0.717, 1.165) is 12.8 Å². The van der Waals surface area contributed by atoms with Crippen molar-refractivity contribution in [1.82, 2.24) is 10.6 Å². The van der Waals surface area contributed by atoms with E-state index in [2.05, 4.69) is 10.6 Å². The van der Waals surface area contributed by atoms with Gasteiger partial charge in [-0.1, -0.05) is 0 Å². The van der Waals surface area contributed by atoms with Crippen molar-refractivity contribution in [3.05, 3.63) is 0 Å². The number of nitrogens with one attached hydrogen (secondary N) is 2. The monoisotopic (exact) mass is 236 g/mol. The maximum absolute atomic E-state index is 11.1. The van der Waals surface area contributed by atoms with Crippen molar-refractivity contribution < 1.29 is 17.9 Å². The van der Waals surface area contributed by atoms with E-state index in [1.54, 1.807) is 0 Å². The summed E-state index contributed by atoms with van der Waals surface area (Å²) < 4.78 is 26.8. The van der Waals surface area contributed by atoms with E-state index in [1.807, 2.05) is 0 Å². The number of hydrogen-bond donors (Lipinski definition) is 2. The van der Waals surface area contributed by atoms with Gasteiger partial charge in [-0.25, -0.2) is 8.42 Å². The van der Waals surface area contributed by atoms with Crippen LogP contribution in [-0.2, 0) is 19.4 Å². The van der Waals surface area contributed by atoms with E-state index in [9.17, 15) is 13.2 Å². The molecule has 0 bridgehead atoms. The Hall–Kier alpha value is -0.660. The molecule has 0 radical (unpaired) electrons. The van der Waals surface area contributed by atoms with Crippen molar-refractivity contribution in [2.45, 2.75) is 6.04 Å². The predicted molar refractivity (Wildman–Crippen MR) is 55.3 cm³/mol. The van der Waals surface area contributed by atoms with Crippen LogP contribution in [0, 0.1) is 0 Å². The van der Waals surface area contributed by atoms with E-state index < -0.39 is 21.5 Å². The molecule has 0 aromatic carbocycles. The Morgan fingerprint density at radius 2 is 2.33 bits per heavy atom. The molecule has 1 heterocycles. The first-order chi connectivity index (χ1) is 6.97. The van der Waals surface area contributed by atoms with Crippen LogP contribution in [0.25, 0.3) is 0 Å². The Morgan fingerprint density at radius 1 is 1.60 bits per heavy atom. The molecule has 2 N–H and O–H groups in total. The third-order valence-corrected chi connectivity index (χ3v) is 2.72. The summed E-state index contributed by atoms with van der Waals surface area (Å²) in [5.74, 6) is -0.925. The zero-order chi connectivity index (χ0) is 11.3. The van der Waals surface area contributed by atoms with Crippen molar-refractivity contribution >= 4 is 15.7 Å². The fourth-order valence-electron chi connectivity index (χ4n) is 1.28. The highest BCUT2D eigenvalue weighted by Gasteiger charge is 2.15. The van der Waals surface area contributed by atoms with Crippen LogP contribution in [0.1, 0.15) is 0 Å². The fourth-order valence-corrected chi connectivity index (χ4v) is 1.86. The lowest BCUT2D eigenvalue weighted by Crippen LogP contribution is -2.49. The van der Waals surface area contributed by atoms with Crippen molar-refractivity contribution in [3.8, 4) is 0 Å². The summed E-state index contributed by atoms with van der Waals surface area (Å²) in [5, 5.41) is 5.70. The summed E-state index contributed by atoms with van der Waals surface area (Å²) >= 11 is 0. The largest absolute Gasteiger partial charge is 0.378 e. The van der Waals surface area contributed by atoms with Gasteiger partial charge in [0.25, 0.3) is 0 Å². The highest BCUT2D eigenvalue weighted by molar-refractivity contribution is 7.91. The average molecular weight is 236 g/mol. The molecule has 6 nitrogen and oxygen atoms in total. The van der Waals surface area contributed by atoms with Gasteiger partial charge in [0.1, 0.15) is 5.75 Å². The first kappa shape index (κ1) is 12.4. The van der Waals surface area contributed by atoms with Gasteiger partial charge in [-0.3, -0.25) is 4.79 Å². The van der Waals surface area contributed by atoms with Gasteiger partial charge in [0.05, 0.1) is 13.2 Å². The summed E-state index contributed by atoms with van der Waals surface area (Å²) in [5.41, 5.74) is 0. The Labute approximate surface area is 89.3 Å². The molecule has 0 aromatic rings. The van der Waals surface area contributed by atoms with Gasteiger partial charge in [-0.2, -0.15) is 0 Å². The number of morpholine rings is 1. The molecule has 1 saturated heterocycles. The van der Waals surface area contributed by atoms with Gasteiger partial charge < -0.3 is 15.4 Å². The standard InChI is InChI=1S/C8H16N2O4S/c1-15(12,13)6-8(11)10-4-7-5-14-3-2-9-7/h7,9H,2-6H2,1H3,(H,10,11). The van der Waals surface area contributed by atoms with Gasteiger partial charge in [0.15, 0.2) is 9.84 Å². The Bertz CT molecular complexity index is 309. The van der Waals surface area contributed by atoms with E-state index in [4.69, 9.17) is 4.74 Å². The van der Waals surface area contributed by atoms with Gasteiger partial charge >= 0.3 is 0 Å². The smallest absolute Gasteiger partial charge is 0.235 e. The van der Waals surface area contributed by atoms with E-state index in [0.29, 0.717) is 19.8 Å². The number of sulfone groups is 1. The molecule has 1 unspecified atom stereocenters. The molecule has 1 rings (SSSR count). The molecule has 1 amide bonds. The molecule has 0 aromatic heterocycles. The Morgan fingerprint density at radius 3 is 2.87 bits per heavy atom. The maximum Gasteiger partial charge on any atom is 0.235 e. The van der Waals surface area contributed by atoms with Crippen molar-refractivity contribution in [2.24, 2.45) is 0 Å². The van der Waals surface area contributed by atoms with Gasteiger partial charge in [-0.15, -0.1) is 0 Å². The average Bonchev–Trinajstić information content (AvgIpc) is 2.14. The lowest BCUT2D eigenvalue weighted by molar-refractivity contribution is -0.118. The second-order valence-corrected chi connectivity index (χ2v) is 5.74. The van der Waals surface area contributed by atoms with Crippen LogP contribution in [0.3, 0.4) is 0 Å². The Balaban J connectivity index is 2.21. The second kappa shape index (κ2) is 5.43. The van der Waals surface area contributed by atoms with Crippen LogP contribution in [0.15, 0.2) is 0 Å². The molecule has 0 saturated carbocycles. The van der Waals surface area contributed by atoms with Crippen molar-refractivity contribution in [3.63, 3.8) is 0 Å². The zero-order valence-corrected chi connectivity index (χ0v) is 9.47. The number of carbonyl (C=O) groups excluding carboxylic acids is 1. The number of carbonyl (C=O) groups is 1. The quantitative estimate of drug-likeness (QED) is 0.598. The maximum atomic E-state index is 11.1. The van der Waals surface area contributed by atoms with Crippen LogP contribution in [0.5, 0.6) is 0 Å². The summed E-state index contributed by atoms with van der Waals surface area (Å²) in [6.07, 6.45) is 1.04. The summed E-state index contributed by atoms with van der Waals surface area (Å²) in [6, 6.07) is 0.0715. The number of rotatable bonds is 4. The molecule has 1 aliphatic heterocycles. The van der Waals surface area contributed by atoms with Crippen LogP contribution in [0.4, 0.5) is 0 Å². The molecule has 1 atom stereocenters. The van der Waals surface area contributed by atoms with Crippen molar-refractivity contribution in [2.75, 3.05) is 38.3 Å². The SMILES string of the molecule is CS(=O)(=O)CC(=O)NCC1COCCN1. The minimum absolute atomic E-state index is 0.0715. The first-order valence-corrected chi connectivity index (χ1v) is 6.79. The lowest BCUT2D eigenvalue weighted by atomic mass is 10.3.